The number of hydrogen-bond acceptors (Lipinski definition) is 4. The van der Waals surface area contributed by atoms with Crippen LogP contribution in [0.15, 0.2) is 91.0 Å². The first-order valence-electron chi connectivity index (χ1n) is 14.0. The van der Waals surface area contributed by atoms with Crippen molar-refractivity contribution in [3.05, 3.63) is 141 Å². The summed E-state index contributed by atoms with van der Waals surface area (Å²) in [5, 5.41) is 2.12. The number of rotatable bonds is 5. The molecule has 1 aliphatic heterocycles. The topological polar surface area (TPSA) is 74.8 Å². The molecule has 2 bridgehead atoms. The van der Waals surface area contributed by atoms with Gasteiger partial charge in [-0.3, -0.25) is 19.2 Å². The van der Waals surface area contributed by atoms with Crippen molar-refractivity contribution in [3.63, 3.8) is 0 Å². The molecule has 6 nitrogen and oxygen atoms in total. The van der Waals surface area contributed by atoms with Crippen molar-refractivity contribution in [2.24, 2.45) is 11.8 Å². The van der Waals surface area contributed by atoms with Crippen molar-refractivity contribution >= 4 is 35.1 Å². The molecule has 3 amide bonds. The Morgan fingerprint density at radius 1 is 0.714 bits per heavy atom. The van der Waals surface area contributed by atoms with Crippen LogP contribution in [0.2, 0.25) is 5.02 Å². The van der Waals surface area contributed by atoms with Gasteiger partial charge in [-0.05, 0) is 65.4 Å². The van der Waals surface area contributed by atoms with Gasteiger partial charge in [-0.1, -0.05) is 84.4 Å². The van der Waals surface area contributed by atoms with Crippen LogP contribution in [0.4, 0.5) is 0 Å². The molecule has 0 unspecified atom stereocenters. The average molecular weight is 575 g/mol. The van der Waals surface area contributed by atoms with E-state index in [0.717, 1.165) is 43.4 Å². The highest BCUT2D eigenvalue weighted by Gasteiger charge is 2.63. The third-order valence-corrected chi connectivity index (χ3v) is 9.46. The van der Waals surface area contributed by atoms with Crippen molar-refractivity contribution in [1.29, 1.82) is 0 Å². The molecule has 4 aromatic carbocycles. The number of carbonyl (C=O) groups excluding carboxylic acids is 4. The Labute approximate surface area is 248 Å². The molecule has 1 fully saturated rings. The molecule has 0 N–H and O–H groups in total. The Morgan fingerprint density at radius 2 is 1.21 bits per heavy atom. The van der Waals surface area contributed by atoms with Crippen LogP contribution >= 0.6 is 11.6 Å². The molecule has 2 atom stereocenters. The van der Waals surface area contributed by atoms with Crippen molar-refractivity contribution in [1.82, 2.24) is 10.0 Å². The second kappa shape index (κ2) is 9.78. The first-order chi connectivity index (χ1) is 20.3. The van der Waals surface area contributed by atoms with Gasteiger partial charge < -0.3 is 0 Å². The number of carbonyl (C=O) groups is 4. The lowest BCUT2D eigenvalue weighted by Gasteiger charge is -2.45. The third-order valence-electron chi connectivity index (χ3n) is 9.13. The van der Waals surface area contributed by atoms with E-state index in [1.807, 2.05) is 68.4 Å². The molecule has 1 heterocycles. The molecular formula is C35H27ClN2O4. The number of ketones is 1. The lowest BCUT2D eigenvalue weighted by atomic mass is 9.55. The first-order valence-corrected chi connectivity index (χ1v) is 14.4. The Bertz CT molecular complexity index is 1720. The maximum Gasteiger partial charge on any atom is 0.274 e. The first kappa shape index (κ1) is 26.4. The number of amides is 3. The summed E-state index contributed by atoms with van der Waals surface area (Å²) in [4.78, 5) is 56.6. The predicted molar refractivity (Wildman–Crippen MR) is 158 cm³/mol. The molecule has 0 spiro atoms. The minimum Gasteiger partial charge on any atom is -0.292 e. The Morgan fingerprint density at radius 3 is 1.71 bits per heavy atom. The molecule has 3 aliphatic carbocycles. The highest BCUT2D eigenvalue weighted by molar-refractivity contribution is 6.34. The molecule has 42 heavy (non-hydrogen) atoms. The number of benzene rings is 4. The Hall–Kier alpha value is -4.55. The number of hydrazine groups is 1. The largest absolute Gasteiger partial charge is 0.292 e. The van der Waals surface area contributed by atoms with Gasteiger partial charge >= 0.3 is 0 Å². The lowest BCUT2D eigenvalue weighted by Crippen LogP contribution is -2.52. The van der Waals surface area contributed by atoms with E-state index < -0.39 is 36.1 Å². The third kappa shape index (κ3) is 3.78. The van der Waals surface area contributed by atoms with Gasteiger partial charge in [0.15, 0.2) is 5.78 Å². The van der Waals surface area contributed by atoms with E-state index in [1.165, 1.54) is 6.07 Å². The summed E-state index contributed by atoms with van der Waals surface area (Å²) in [5.41, 5.74) is 6.57. The number of nitrogens with zero attached hydrogens (tertiary/aromatic N) is 2. The zero-order valence-corrected chi connectivity index (χ0v) is 23.8. The molecule has 7 heteroatoms. The average Bonchev–Trinajstić information content (AvgIpc) is 3.27. The van der Waals surface area contributed by atoms with Crippen LogP contribution in [0.5, 0.6) is 0 Å². The molecule has 4 aromatic rings. The van der Waals surface area contributed by atoms with Crippen LogP contribution in [0.1, 0.15) is 65.9 Å². The van der Waals surface area contributed by atoms with E-state index in [0.29, 0.717) is 5.56 Å². The monoisotopic (exact) mass is 574 g/mol. The quantitative estimate of drug-likeness (QED) is 0.214. The number of imide groups is 1. The van der Waals surface area contributed by atoms with E-state index in [4.69, 9.17) is 11.6 Å². The SMILES string of the molecule is Cc1ccc(C(=O)CN(C(=O)c2ccccc2Cl)N2C(=O)[C@@H]3C4c5ccccc5C(c5ccccc54)[C@@H]3C2=O)cc1C. The van der Waals surface area contributed by atoms with E-state index in [1.54, 1.807) is 30.3 Å². The van der Waals surface area contributed by atoms with Gasteiger partial charge in [0.2, 0.25) is 0 Å². The van der Waals surface area contributed by atoms with Crippen LogP contribution in [0, 0.1) is 25.7 Å². The Balaban J connectivity index is 1.34. The molecule has 1 saturated heterocycles. The summed E-state index contributed by atoms with van der Waals surface area (Å²) in [6, 6.07) is 27.6. The minimum atomic E-state index is -0.689. The summed E-state index contributed by atoms with van der Waals surface area (Å²) in [6.45, 7) is 3.37. The maximum absolute atomic E-state index is 14.4. The Kier molecular flexibility index (Phi) is 6.13. The molecule has 8 rings (SSSR count). The second-order valence-electron chi connectivity index (χ2n) is 11.3. The van der Waals surface area contributed by atoms with Gasteiger partial charge in [0.1, 0.15) is 6.54 Å². The van der Waals surface area contributed by atoms with E-state index in [2.05, 4.69) is 0 Å². The number of Topliss-reactive ketones (excluding diaryl/α,β-unsaturated/α-hetero) is 1. The van der Waals surface area contributed by atoms with Gasteiger partial charge in [0.05, 0.1) is 22.4 Å². The molecule has 0 saturated carbocycles. The number of hydrogen-bond donors (Lipinski definition) is 0. The molecule has 0 aromatic heterocycles. The van der Waals surface area contributed by atoms with Crippen LogP contribution in [0.25, 0.3) is 0 Å². The number of aryl methyl sites for hydroxylation is 2. The fourth-order valence-corrected chi connectivity index (χ4v) is 7.27. The summed E-state index contributed by atoms with van der Waals surface area (Å²) >= 11 is 6.41. The predicted octanol–water partition coefficient (Wildman–Crippen LogP) is 6.09. The van der Waals surface area contributed by atoms with Crippen molar-refractivity contribution in [2.75, 3.05) is 6.54 Å². The standard InChI is InChI=1S/C35H27ClN2O4/c1-19-15-16-21(17-20(19)2)28(39)18-37(33(40)26-13-7-8-14-27(26)36)38-34(41)31-29-22-9-3-4-10-23(22)30(32(31)35(38)42)25-12-6-5-11-24(25)29/h3-17,29-32H,18H2,1-2H3/t29?,30?,31-,32+. The van der Waals surface area contributed by atoms with Crippen LogP contribution in [-0.4, -0.2) is 40.1 Å². The normalized spacial score (nSPS) is 21.5. The summed E-state index contributed by atoms with van der Waals surface area (Å²) < 4.78 is 0. The van der Waals surface area contributed by atoms with Crippen molar-refractivity contribution < 1.29 is 19.2 Å². The van der Waals surface area contributed by atoms with Gasteiger partial charge in [-0.2, -0.15) is 5.01 Å². The van der Waals surface area contributed by atoms with Crippen molar-refractivity contribution in [3.8, 4) is 0 Å². The summed E-state index contributed by atoms with van der Waals surface area (Å²) in [6.07, 6.45) is 0. The minimum absolute atomic E-state index is 0.108. The smallest absolute Gasteiger partial charge is 0.274 e. The lowest BCUT2D eigenvalue weighted by molar-refractivity contribution is -0.154. The van der Waals surface area contributed by atoms with Gasteiger partial charge in [-0.15, -0.1) is 0 Å². The highest BCUT2D eigenvalue weighted by Crippen LogP contribution is 2.61. The van der Waals surface area contributed by atoms with Gasteiger partial charge in [0.25, 0.3) is 17.7 Å². The van der Waals surface area contributed by atoms with Crippen LogP contribution in [0.3, 0.4) is 0 Å². The molecule has 208 valence electrons. The van der Waals surface area contributed by atoms with E-state index in [9.17, 15) is 19.2 Å². The molecule has 0 radical (unpaired) electrons. The van der Waals surface area contributed by atoms with Crippen LogP contribution < -0.4 is 0 Å². The number of halogens is 1. The molecule has 4 aliphatic rings. The van der Waals surface area contributed by atoms with Crippen molar-refractivity contribution in [2.45, 2.75) is 25.7 Å². The fraction of sp³-hybridized carbons (Fsp3) is 0.200. The zero-order chi connectivity index (χ0) is 29.3. The van der Waals surface area contributed by atoms with Gasteiger partial charge in [0, 0.05) is 17.4 Å². The second-order valence-corrected chi connectivity index (χ2v) is 11.7. The van der Waals surface area contributed by atoms with Gasteiger partial charge in [-0.25, -0.2) is 5.01 Å². The summed E-state index contributed by atoms with van der Waals surface area (Å²) in [7, 11) is 0. The highest BCUT2D eigenvalue weighted by atomic mass is 35.5. The van der Waals surface area contributed by atoms with E-state index >= 15 is 0 Å². The van der Waals surface area contributed by atoms with Crippen LogP contribution in [-0.2, 0) is 9.59 Å². The molecular weight excluding hydrogens is 548 g/mol. The summed E-state index contributed by atoms with van der Waals surface area (Å²) in [5.74, 6) is -4.06. The maximum atomic E-state index is 14.4. The van der Waals surface area contributed by atoms with E-state index in [-0.39, 0.29) is 28.2 Å². The zero-order valence-electron chi connectivity index (χ0n) is 23.1. The fourth-order valence-electron chi connectivity index (χ4n) is 7.05.